The SMILES string of the molecule is Cc1nc2cccc3nc(SCCC4CCNCC4)c1n23.Cl.Cl. The number of imidazole rings is 2. The second-order valence-electron chi connectivity index (χ2n) is 5.87. The van der Waals surface area contributed by atoms with Gasteiger partial charge < -0.3 is 5.32 Å². The first-order valence-corrected chi connectivity index (χ1v) is 8.72. The normalized spacial score (nSPS) is 15.7. The van der Waals surface area contributed by atoms with E-state index in [1.54, 1.807) is 0 Å². The average molecular weight is 373 g/mol. The molecule has 0 amide bonds. The van der Waals surface area contributed by atoms with Crippen LogP contribution in [0, 0.1) is 12.8 Å². The van der Waals surface area contributed by atoms with Gasteiger partial charge in [0.1, 0.15) is 21.8 Å². The third-order valence-corrected chi connectivity index (χ3v) is 5.44. The lowest BCUT2D eigenvalue weighted by Crippen LogP contribution is -2.27. The van der Waals surface area contributed by atoms with Gasteiger partial charge in [-0.2, -0.15) is 0 Å². The van der Waals surface area contributed by atoms with E-state index >= 15 is 0 Å². The Morgan fingerprint density at radius 2 is 1.87 bits per heavy atom. The van der Waals surface area contributed by atoms with E-state index in [0.29, 0.717) is 0 Å². The number of aromatic nitrogens is 3. The van der Waals surface area contributed by atoms with Crippen LogP contribution in [0.5, 0.6) is 0 Å². The molecule has 0 saturated carbocycles. The van der Waals surface area contributed by atoms with E-state index in [9.17, 15) is 0 Å². The summed E-state index contributed by atoms with van der Waals surface area (Å²) in [5.74, 6) is 2.04. The summed E-state index contributed by atoms with van der Waals surface area (Å²) in [4.78, 5) is 9.42. The van der Waals surface area contributed by atoms with Crippen LogP contribution in [0.4, 0.5) is 0 Å². The quantitative estimate of drug-likeness (QED) is 0.703. The average Bonchev–Trinajstić information content (AvgIpc) is 3.04. The highest BCUT2D eigenvalue weighted by molar-refractivity contribution is 7.99. The maximum absolute atomic E-state index is 4.79. The molecule has 4 heterocycles. The van der Waals surface area contributed by atoms with Crippen LogP contribution in [0.1, 0.15) is 25.0 Å². The Morgan fingerprint density at radius 3 is 2.61 bits per heavy atom. The third kappa shape index (κ3) is 3.53. The molecule has 0 spiro atoms. The van der Waals surface area contributed by atoms with Crippen LogP contribution in [-0.4, -0.2) is 33.2 Å². The van der Waals surface area contributed by atoms with Crippen molar-refractivity contribution in [3.63, 3.8) is 0 Å². The van der Waals surface area contributed by atoms with Crippen LogP contribution in [0.2, 0.25) is 0 Å². The number of hydrogen-bond acceptors (Lipinski definition) is 4. The van der Waals surface area contributed by atoms with Crippen molar-refractivity contribution in [1.82, 2.24) is 19.7 Å². The zero-order valence-electron chi connectivity index (χ0n) is 13.1. The van der Waals surface area contributed by atoms with Crippen molar-refractivity contribution in [3.05, 3.63) is 23.9 Å². The molecule has 126 valence electrons. The number of pyridine rings is 1. The molecule has 1 aliphatic heterocycles. The standard InChI is InChI=1S/C16H20N4S.2ClH/c1-11-15-16(21-10-7-12-5-8-17-9-6-12)19-14-4-2-3-13(18-11)20(14)15;;/h2-4,12,17H,5-10H2,1H3;2*1H. The van der Waals surface area contributed by atoms with Gasteiger partial charge in [0.2, 0.25) is 0 Å². The second kappa shape index (κ2) is 7.88. The molecular formula is C16H22Cl2N4S. The Bertz CT molecular complexity index is 755. The molecule has 4 nitrogen and oxygen atoms in total. The summed E-state index contributed by atoms with van der Waals surface area (Å²) in [5, 5.41) is 4.58. The first-order chi connectivity index (χ1) is 10.3. The zero-order chi connectivity index (χ0) is 14.2. The fourth-order valence-corrected chi connectivity index (χ4v) is 4.46. The van der Waals surface area contributed by atoms with Gasteiger partial charge in [-0.25, -0.2) is 9.97 Å². The lowest BCUT2D eigenvalue weighted by molar-refractivity contribution is 0.367. The van der Waals surface area contributed by atoms with Crippen molar-refractivity contribution in [1.29, 1.82) is 0 Å². The number of aryl methyl sites for hydroxylation is 1. The van der Waals surface area contributed by atoms with Gasteiger partial charge in [0.15, 0.2) is 0 Å². The minimum Gasteiger partial charge on any atom is -0.317 e. The van der Waals surface area contributed by atoms with Crippen LogP contribution >= 0.6 is 36.6 Å². The van der Waals surface area contributed by atoms with Crippen molar-refractivity contribution in [2.45, 2.75) is 31.2 Å². The van der Waals surface area contributed by atoms with E-state index in [1.807, 2.05) is 17.8 Å². The summed E-state index contributed by atoms with van der Waals surface area (Å²) in [6, 6.07) is 6.16. The lowest BCUT2D eigenvalue weighted by Gasteiger charge is -2.21. The van der Waals surface area contributed by atoms with E-state index in [1.165, 1.54) is 37.9 Å². The molecule has 3 aromatic rings. The Labute approximate surface area is 153 Å². The van der Waals surface area contributed by atoms with E-state index in [4.69, 9.17) is 4.98 Å². The van der Waals surface area contributed by atoms with Gasteiger partial charge >= 0.3 is 0 Å². The van der Waals surface area contributed by atoms with Gasteiger partial charge in [-0.1, -0.05) is 6.07 Å². The number of hydrogen-bond donors (Lipinski definition) is 1. The van der Waals surface area contributed by atoms with Crippen LogP contribution in [0.25, 0.3) is 16.8 Å². The molecule has 0 bridgehead atoms. The maximum Gasteiger partial charge on any atom is 0.140 e. The molecule has 23 heavy (non-hydrogen) atoms. The van der Waals surface area contributed by atoms with Crippen molar-refractivity contribution >= 4 is 53.4 Å². The van der Waals surface area contributed by atoms with E-state index < -0.39 is 0 Å². The molecule has 0 atom stereocenters. The van der Waals surface area contributed by atoms with Crippen molar-refractivity contribution in [2.75, 3.05) is 18.8 Å². The first-order valence-electron chi connectivity index (χ1n) is 7.73. The molecule has 1 fully saturated rings. The maximum atomic E-state index is 4.79. The van der Waals surface area contributed by atoms with E-state index in [2.05, 4.69) is 33.8 Å². The topological polar surface area (TPSA) is 42.2 Å². The summed E-state index contributed by atoms with van der Waals surface area (Å²) < 4.78 is 2.18. The van der Waals surface area contributed by atoms with Crippen molar-refractivity contribution in [3.8, 4) is 0 Å². The second-order valence-corrected chi connectivity index (χ2v) is 6.95. The molecule has 3 aromatic heterocycles. The predicted octanol–water partition coefficient (Wildman–Crippen LogP) is 3.95. The molecule has 7 heteroatoms. The molecule has 0 aliphatic carbocycles. The largest absolute Gasteiger partial charge is 0.317 e. The van der Waals surface area contributed by atoms with Gasteiger partial charge in [-0.3, -0.25) is 4.40 Å². The summed E-state index contributed by atoms with van der Waals surface area (Å²) in [7, 11) is 0. The summed E-state index contributed by atoms with van der Waals surface area (Å²) in [6.07, 6.45) is 3.94. The van der Waals surface area contributed by atoms with Crippen LogP contribution in [-0.2, 0) is 0 Å². The first kappa shape index (κ1) is 18.6. The highest BCUT2D eigenvalue weighted by Gasteiger charge is 2.17. The minimum absolute atomic E-state index is 0. The third-order valence-electron chi connectivity index (χ3n) is 4.44. The zero-order valence-corrected chi connectivity index (χ0v) is 15.6. The van der Waals surface area contributed by atoms with E-state index in [-0.39, 0.29) is 24.8 Å². The Balaban J connectivity index is 0.000000960. The monoisotopic (exact) mass is 372 g/mol. The van der Waals surface area contributed by atoms with Gasteiger partial charge in [-0.05, 0) is 63.1 Å². The molecule has 0 radical (unpaired) electrons. The number of piperidine rings is 1. The summed E-state index contributed by atoms with van der Waals surface area (Å²) >= 11 is 1.89. The van der Waals surface area contributed by atoms with Gasteiger partial charge in [-0.15, -0.1) is 36.6 Å². The molecule has 1 saturated heterocycles. The number of nitrogens with one attached hydrogen (secondary N) is 1. The smallest absolute Gasteiger partial charge is 0.140 e. The van der Waals surface area contributed by atoms with Gasteiger partial charge in [0, 0.05) is 0 Å². The van der Waals surface area contributed by atoms with Gasteiger partial charge in [0.05, 0.1) is 5.69 Å². The highest BCUT2D eigenvalue weighted by Crippen LogP contribution is 2.31. The molecular weight excluding hydrogens is 351 g/mol. The number of rotatable bonds is 4. The Hall–Kier alpha value is -0.750. The molecule has 1 N–H and O–H groups in total. The predicted molar refractivity (Wildman–Crippen MR) is 102 cm³/mol. The summed E-state index contributed by atoms with van der Waals surface area (Å²) in [5.41, 5.74) is 4.33. The van der Waals surface area contributed by atoms with E-state index in [0.717, 1.165) is 33.7 Å². The van der Waals surface area contributed by atoms with Crippen LogP contribution in [0.3, 0.4) is 0 Å². The molecule has 1 aliphatic rings. The summed E-state index contributed by atoms with van der Waals surface area (Å²) in [6.45, 7) is 4.45. The fraction of sp³-hybridized carbons (Fsp3) is 0.500. The Kier molecular flexibility index (Phi) is 6.37. The van der Waals surface area contributed by atoms with Gasteiger partial charge in [0.25, 0.3) is 0 Å². The minimum atomic E-state index is 0. The van der Waals surface area contributed by atoms with Crippen LogP contribution in [0.15, 0.2) is 23.2 Å². The van der Waals surface area contributed by atoms with Crippen molar-refractivity contribution < 1.29 is 0 Å². The number of nitrogens with zero attached hydrogens (tertiary/aromatic N) is 3. The number of thioether (sulfide) groups is 1. The van der Waals surface area contributed by atoms with Crippen LogP contribution < -0.4 is 5.32 Å². The lowest BCUT2D eigenvalue weighted by atomic mass is 9.96. The van der Waals surface area contributed by atoms with Crippen molar-refractivity contribution in [2.24, 2.45) is 5.92 Å². The molecule has 0 aromatic carbocycles. The Morgan fingerprint density at radius 1 is 1.17 bits per heavy atom. The fourth-order valence-electron chi connectivity index (χ4n) is 3.28. The molecule has 0 unspecified atom stereocenters. The number of halogens is 2. The molecule has 4 rings (SSSR count). The highest BCUT2D eigenvalue weighted by atomic mass is 35.5.